The van der Waals surface area contributed by atoms with Crippen molar-refractivity contribution in [1.29, 1.82) is 0 Å². The van der Waals surface area contributed by atoms with Gasteiger partial charge in [0.2, 0.25) is 9.71 Å². The molecule has 0 heterocycles. The van der Waals surface area contributed by atoms with Gasteiger partial charge < -0.3 is 9.47 Å². The summed E-state index contributed by atoms with van der Waals surface area (Å²) in [6, 6.07) is 0. The molecular formula is C11H15Cl3O5. The normalized spacial score (nSPS) is 13.6. The van der Waals surface area contributed by atoms with E-state index in [0.717, 1.165) is 6.92 Å². The highest BCUT2D eigenvalue weighted by atomic mass is 35.6. The molecule has 5 nitrogen and oxygen atoms in total. The molecule has 0 aliphatic carbocycles. The van der Waals surface area contributed by atoms with Crippen molar-refractivity contribution in [1.82, 2.24) is 0 Å². The summed E-state index contributed by atoms with van der Waals surface area (Å²) in [6.07, 6.45) is 0. The van der Waals surface area contributed by atoms with Crippen LogP contribution in [0, 0.1) is 5.92 Å². The Morgan fingerprint density at radius 1 is 1.05 bits per heavy atom. The third-order valence-corrected chi connectivity index (χ3v) is 1.99. The second-order valence-electron chi connectivity index (χ2n) is 4.80. The molecule has 19 heavy (non-hydrogen) atoms. The van der Waals surface area contributed by atoms with Crippen LogP contribution in [0.1, 0.15) is 27.7 Å². The van der Waals surface area contributed by atoms with E-state index in [-0.39, 0.29) is 0 Å². The highest BCUT2D eigenvalue weighted by Crippen LogP contribution is 2.26. The van der Waals surface area contributed by atoms with Gasteiger partial charge in [0, 0.05) is 0 Å². The smallest absolute Gasteiger partial charge is 0.328 e. The summed E-state index contributed by atoms with van der Waals surface area (Å²) in [4.78, 5) is 34.7. The van der Waals surface area contributed by atoms with Crippen LogP contribution in [-0.4, -0.2) is 33.7 Å². The average Bonchev–Trinajstić information content (AvgIpc) is 2.09. The van der Waals surface area contributed by atoms with Crippen molar-refractivity contribution in [2.24, 2.45) is 5.92 Å². The minimum absolute atomic E-state index is 0.566. The molecule has 1 atom stereocenters. The van der Waals surface area contributed by atoms with E-state index in [1.54, 1.807) is 20.8 Å². The van der Waals surface area contributed by atoms with Crippen LogP contribution in [0.5, 0.6) is 0 Å². The van der Waals surface area contributed by atoms with Crippen molar-refractivity contribution in [2.45, 2.75) is 37.1 Å². The van der Waals surface area contributed by atoms with Crippen LogP contribution in [0.15, 0.2) is 0 Å². The summed E-state index contributed by atoms with van der Waals surface area (Å²) >= 11 is 16.2. The first-order valence-corrected chi connectivity index (χ1v) is 6.43. The number of Topliss-reactive ketones (excluding diaryl/α,β-unsaturated/α-hetero) is 1. The third-order valence-electron chi connectivity index (χ3n) is 1.66. The molecule has 0 amide bonds. The number of halogens is 3. The van der Waals surface area contributed by atoms with E-state index < -0.39 is 39.6 Å². The Labute approximate surface area is 126 Å². The second kappa shape index (κ2) is 6.77. The summed E-state index contributed by atoms with van der Waals surface area (Å²) in [6.45, 7) is 5.33. The summed E-state index contributed by atoms with van der Waals surface area (Å²) in [5.41, 5.74) is -0.833. The zero-order valence-electron chi connectivity index (χ0n) is 11.0. The summed E-state index contributed by atoms with van der Waals surface area (Å²) in [7, 11) is 0. The molecule has 0 aromatic rings. The first-order chi connectivity index (χ1) is 8.33. The van der Waals surface area contributed by atoms with Crippen LogP contribution >= 0.6 is 34.8 Å². The molecule has 0 fully saturated rings. The number of rotatable bonds is 4. The zero-order chi connectivity index (χ0) is 15.4. The maximum atomic E-state index is 11.7. The number of esters is 2. The Balaban J connectivity index is 4.79. The Morgan fingerprint density at radius 3 is 1.84 bits per heavy atom. The largest absolute Gasteiger partial charge is 0.460 e. The van der Waals surface area contributed by atoms with E-state index in [4.69, 9.17) is 39.5 Å². The minimum Gasteiger partial charge on any atom is -0.460 e. The van der Waals surface area contributed by atoms with Gasteiger partial charge in [-0.2, -0.15) is 0 Å². The van der Waals surface area contributed by atoms with E-state index in [0.29, 0.717) is 0 Å². The van der Waals surface area contributed by atoms with Crippen LogP contribution in [0.3, 0.4) is 0 Å². The van der Waals surface area contributed by atoms with E-state index in [1.807, 2.05) is 0 Å². The summed E-state index contributed by atoms with van der Waals surface area (Å²) in [5, 5.41) is 0. The number of carbonyl (C=O) groups excluding carboxylic acids is 3. The monoisotopic (exact) mass is 332 g/mol. The highest BCUT2D eigenvalue weighted by Gasteiger charge is 2.37. The van der Waals surface area contributed by atoms with Gasteiger partial charge >= 0.3 is 11.9 Å². The quantitative estimate of drug-likeness (QED) is 0.449. The first-order valence-electron chi connectivity index (χ1n) is 5.30. The molecule has 0 bridgehead atoms. The maximum Gasteiger partial charge on any atom is 0.328 e. The summed E-state index contributed by atoms with van der Waals surface area (Å²) < 4.78 is 7.75. The number of hydrogen-bond acceptors (Lipinski definition) is 5. The summed E-state index contributed by atoms with van der Waals surface area (Å²) in [5.74, 6) is -4.47. The Kier molecular flexibility index (Phi) is 6.59. The SMILES string of the molecule is CC(=O)C(C(=O)OCC(Cl)(Cl)Cl)C(=O)OC(C)(C)C. The minimum atomic E-state index is -1.81. The molecule has 0 N–H and O–H groups in total. The van der Waals surface area contributed by atoms with Crippen molar-refractivity contribution in [2.75, 3.05) is 6.61 Å². The third kappa shape index (κ3) is 8.29. The molecule has 0 spiro atoms. The van der Waals surface area contributed by atoms with Crippen molar-refractivity contribution in [3.63, 3.8) is 0 Å². The van der Waals surface area contributed by atoms with Crippen molar-refractivity contribution in [3.05, 3.63) is 0 Å². The van der Waals surface area contributed by atoms with Gasteiger partial charge in [0.05, 0.1) is 0 Å². The highest BCUT2D eigenvalue weighted by molar-refractivity contribution is 6.67. The lowest BCUT2D eigenvalue weighted by molar-refractivity contribution is -0.170. The predicted octanol–water partition coefficient (Wildman–Crippen LogP) is 2.45. The molecule has 110 valence electrons. The van der Waals surface area contributed by atoms with Gasteiger partial charge in [-0.3, -0.25) is 14.4 Å². The van der Waals surface area contributed by atoms with Crippen LogP contribution < -0.4 is 0 Å². The number of ether oxygens (including phenoxy) is 2. The number of hydrogen-bond donors (Lipinski definition) is 0. The Bertz CT molecular complexity index is 368. The van der Waals surface area contributed by atoms with Crippen LogP contribution in [-0.2, 0) is 23.9 Å². The van der Waals surface area contributed by atoms with Crippen LogP contribution in [0.4, 0.5) is 0 Å². The molecule has 8 heteroatoms. The van der Waals surface area contributed by atoms with Crippen LogP contribution in [0.2, 0.25) is 0 Å². The average molecular weight is 334 g/mol. The van der Waals surface area contributed by atoms with Crippen LogP contribution in [0.25, 0.3) is 0 Å². The number of alkyl halides is 3. The molecule has 0 aliphatic rings. The van der Waals surface area contributed by atoms with Gasteiger partial charge in [0.25, 0.3) is 0 Å². The van der Waals surface area contributed by atoms with E-state index in [1.165, 1.54) is 0 Å². The molecule has 0 saturated heterocycles. The van der Waals surface area contributed by atoms with Gasteiger partial charge in [0.15, 0.2) is 5.78 Å². The zero-order valence-corrected chi connectivity index (χ0v) is 13.2. The van der Waals surface area contributed by atoms with Gasteiger partial charge in [-0.15, -0.1) is 0 Å². The lowest BCUT2D eigenvalue weighted by Gasteiger charge is -2.22. The lowest BCUT2D eigenvalue weighted by atomic mass is 10.1. The van der Waals surface area contributed by atoms with E-state index in [9.17, 15) is 14.4 Å². The maximum absolute atomic E-state index is 11.7. The second-order valence-corrected chi connectivity index (χ2v) is 7.32. The molecule has 0 saturated carbocycles. The topological polar surface area (TPSA) is 69.7 Å². The van der Waals surface area contributed by atoms with Gasteiger partial charge in [-0.05, 0) is 27.7 Å². The standard InChI is InChI=1S/C11H15Cl3O5/c1-6(15)7(9(17)19-10(2,3)4)8(16)18-5-11(12,13)14/h7H,5H2,1-4H3. The van der Waals surface area contributed by atoms with Crippen molar-refractivity contribution in [3.8, 4) is 0 Å². The Morgan fingerprint density at radius 2 is 1.53 bits per heavy atom. The van der Waals surface area contributed by atoms with E-state index in [2.05, 4.69) is 4.74 Å². The van der Waals surface area contributed by atoms with E-state index >= 15 is 0 Å². The van der Waals surface area contributed by atoms with Gasteiger partial charge in [-0.25, -0.2) is 0 Å². The fourth-order valence-electron chi connectivity index (χ4n) is 1.03. The van der Waals surface area contributed by atoms with Gasteiger partial charge in [-0.1, -0.05) is 34.8 Å². The van der Waals surface area contributed by atoms with Crippen molar-refractivity contribution >= 4 is 52.5 Å². The lowest BCUT2D eigenvalue weighted by Crippen LogP contribution is -2.38. The molecule has 0 rings (SSSR count). The van der Waals surface area contributed by atoms with Crippen molar-refractivity contribution < 1.29 is 23.9 Å². The molecule has 0 aliphatic heterocycles. The number of carbonyl (C=O) groups is 3. The molecule has 0 radical (unpaired) electrons. The molecular weight excluding hydrogens is 318 g/mol. The first kappa shape index (κ1) is 18.5. The molecule has 0 aromatic carbocycles. The fraction of sp³-hybridized carbons (Fsp3) is 0.727. The Hall–Kier alpha value is -0.520. The predicted molar refractivity (Wildman–Crippen MR) is 71.3 cm³/mol. The number of ketones is 1. The molecule has 0 aromatic heterocycles. The molecule has 1 unspecified atom stereocenters. The fourth-order valence-corrected chi connectivity index (χ4v) is 1.19. The van der Waals surface area contributed by atoms with Gasteiger partial charge in [0.1, 0.15) is 12.2 Å².